The molecule has 8 heteroatoms. The fourth-order valence-electron chi connectivity index (χ4n) is 4.63. The van der Waals surface area contributed by atoms with Crippen LogP contribution in [-0.4, -0.2) is 49.3 Å². The van der Waals surface area contributed by atoms with E-state index in [4.69, 9.17) is 0 Å². The van der Waals surface area contributed by atoms with Crippen LogP contribution in [0.2, 0.25) is 0 Å². The van der Waals surface area contributed by atoms with Gasteiger partial charge in [0.25, 0.3) is 0 Å². The lowest BCUT2D eigenvalue weighted by Gasteiger charge is -2.48. The first-order valence-corrected chi connectivity index (χ1v) is 11.0. The smallest absolute Gasteiger partial charge is 0.208 e. The molecule has 0 aliphatic carbocycles. The summed E-state index contributed by atoms with van der Waals surface area (Å²) in [5.74, 6) is 0.200. The number of hydrogen-bond acceptors (Lipinski definition) is 7. The van der Waals surface area contributed by atoms with Crippen molar-refractivity contribution in [3.05, 3.63) is 30.6 Å². The third-order valence-corrected chi connectivity index (χ3v) is 6.75. The second-order valence-corrected chi connectivity index (χ2v) is 10.5. The Kier molecular flexibility index (Phi) is 5.10. The average molecular weight is 427 g/mol. The van der Waals surface area contributed by atoms with Crippen molar-refractivity contribution in [3.8, 4) is 27.4 Å². The summed E-state index contributed by atoms with van der Waals surface area (Å²) in [6.07, 6.45) is 5.78. The van der Waals surface area contributed by atoms with Crippen molar-refractivity contribution in [2.24, 2.45) is 7.05 Å². The number of phenolic OH excluding ortho intramolecular Hbond substituents is 1. The predicted octanol–water partition coefficient (Wildman–Crippen LogP) is 4.06. The first-order chi connectivity index (χ1) is 14.0. The van der Waals surface area contributed by atoms with Gasteiger partial charge < -0.3 is 15.3 Å². The van der Waals surface area contributed by atoms with E-state index in [1.165, 1.54) is 11.3 Å². The van der Waals surface area contributed by atoms with Crippen LogP contribution in [0.5, 0.6) is 5.75 Å². The molecule has 7 nitrogen and oxygen atoms in total. The van der Waals surface area contributed by atoms with Crippen LogP contribution in [0.15, 0.2) is 30.6 Å². The SMILES string of the molecule is CN(c1nnc(-c2ccc(-c3cnn(C)c3)cc2O)s1)C1CC(C)(C)NC(C)(C)C1. The molecular formula is C22H30N6OS. The highest BCUT2D eigenvalue weighted by Gasteiger charge is 2.39. The van der Waals surface area contributed by atoms with Crippen LogP contribution in [0.1, 0.15) is 40.5 Å². The van der Waals surface area contributed by atoms with Gasteiger partial charge in [0, 0.05) is 43.0 Å². The number of aromatic nitrogens is 4. The number of anilines is 1. The number of rotatable bonds is 4. The first-order valence-electron chi connectivity index (χ1n) is 10.2. The Balaban J connectivity index is 1.57. The summed E-state index contributed by atoms with van der Waals surface area (Å²) in [5.41, 5.74) is 2.72. The lowest BCUT2D eigenvalue weighted by atomic mass is 9.79. The molecular weight excluding hydrogens is 396 g/mol. The molecule has 0 saturated carbocycles. The van der Waals surface area contributed by atoms with Gasteiger partial charge in [-0.3, -0.25) is 4.68 Å². The summed E-state index contributed by atoms with van der Waals surface area (Å²) in [5, 5.41) is 29.0. The highest BCUT2D eigenvalue weighted by Crippen LogP contribution is 2.39. The molecule has 0 radical (unpaired) electrons. The number of nitrogens with one attached hydrogen (secondary N) is 1. The average Bonchev–Trinajstić information content (AvgIpc) is 3.27. The van der Waals surface area contributed by atoms with Crippen molar-refractivity contribution in [1.82, 2.24) is 25.3 Å². The number of hydrogen-bond donors (Lipinski definition) is 2. The van der Waals surface area contributed by atoms with Crippen LogP contribution in [0.25, 0.3) is 21.7 Å². The fourth-order valence-corrected chi connectivity index (χ4v) is 5.54. The Morgan fingerprint density at radius 1 is 1.13 bits per heavy atom. The molecule has 3 heterocycles. The van der Waals surface area contributed by atoms with Crippen molar-refractivity contribution in [3.63, 3.8) is 0 Å². The summed E-state index contributed by atoms with van der Waals surface area (Å²) in [6.45, 7) is 9.01. The molecule has 2 N–H and O–H groups in total. The number of phenols is 1. The van der Waals surface area contributed by atoms with Gasteiger partial charge in [-0.2, -0.15) is 5.10 Å². The maximum atomic E-state index is 10.6. The van der Waals surface area contributed by atoms with E-state index in [9.17, 15) is 5.11 Å². The minimum absolute atomic E-state index is 0.0641. The van der Waals surface area contributed by atoms with E-state index >= 15 is 0 Å². The van der Waals surface area contributed by atoms with E-state index in [1.807, 2.05) is 25.4 Å². The number of aryl methyl sites for hydroxylation is 1. The predicted molar refractivity (Wildman–Crippen MR) is 122 cm³/mol. The topological polar surface area (TPSA) is 79.1 Å². The van der Waals surface area contributed by atoms with Crippen LogP contribution < -0.4 is 10.2 Å². The summed E-state index contributed by atoms with van der Waals surface area (Å²) >= 11 is 1.51. The normalized spacial score (nSPS) is 18.5. The zero-order chi connectivity index (χ0) is 21.7. The molecule has 0 unspecified atom stereocenters. The van der Waals surface area contributed by atoms with Gasteiger partial charge in [0.05, 0.1) is 11.8 Å². The molecule has 0 spiro atoms. The molecule has 160 valence electrons. The van der Waals surface area contributed by atoms with E-state index < -0.39 is 0 Å². The van der Waals surface area contributed by atoms with Crippen molar-refractivity contribution in [2.45, 2.75) is 57.7 Å². The molecule has 3 aromatic rings. The molecule has 1 fully saturated rings. The Morgan fingerprint density at radius 2 is 1.83 bits per heavy atom. The van der Waals surface area contributed by atoms with Gasteiger partial charge in [-0.1, -0.05) is 17.4 Å². The molecule has 1 aliphatic heterocycles. The van der Waals surface area contributed by atoms with E-state index in [-0.39, 0.29) is 16.8 Å². The second-order valence-electron chi connectivity index (χ2n) is 9.59. The number of aromatic hydroxyl groups is 1. The second kappa shape index (κ2) is 7.35. The van der Waals surface area contributed by atoms with E-state index in [1.54, 1.807) is 16.9 Å². The van der Waals surface area contributed by atoms with Gasteiger partial charge >= 0.3 is 0 Å². The number of piperidine rings is 1. The van der Waals surface area contributed by atoms with Gasteiger partial charge in [0.1, 0.15) is 5.75 Å². The molecule has 1 aromatic carbocycles. The molecule has 30 heavy (non-hydrogen) atoms. The van der Waals surface area contributed by atoms with E-state index in [0.29, 0.717) is 11.6 Å². The van der Waals surface area contributed by atoms with Crippen molar-refractivity contribution in [1.29, 1.82) is 0 Å². The number of nitrogens with zero attached hydrogens (tertiary/aromatic N) is 5. The zero-order valence-corrected chi connectivity index (χ0v) is 19.3. The minimum Gasteiger partial charge on any atom is -0.507 e. The van der Waals surface area contributed by atoms with Crippen LogP contribution in [0.3, 0.4) is 0 Å². The van der Waals surface area contributed by atoms with Crippen molar-refractivity contribution < 1.29 is 5.11 Å². The van der Waals surface area contributed by atoms with Crippen molar-refractivity contribution in [2.75, 3.05) is 11.9 Å². The molecule has 0 amide bonds. The zero-order valence-electron chi connectivity index (χ0n) is 18.5. The summed E-state index contributed by atoms with van der Waals surface area (Å²) in [6, 6.07) is 6.01. The monoisotopic (exact) mass is 426 g/mol. The van der Waals surface area contributed by atoms with Crippen LogP contribution in [0, 0.1) is 0 Å². The molecule has 0 atom stereocenters. The Hall–Kier alpha value is -2.45. The van der Waals surface area contributed by atoms with Crippen LogP contribution in [0.4, 0.5) is 5.13 Å². The van der Waals surface area contributed by atoms with Crippen molar-refractivity contribution >= 4 is 16.5 Å². The van der Waals surface area contributed by atoms with Gasteiger partial charge in [-0.15, -0.1) is 10.2 Å². The van der Waals surface area contributed by atoms with Crippen LogP contribution in [-0.2, 0) is 7.05 Å². The Morgan fingerprint density at radius 3 is 2.43 bits per heavy atom. The first kappa shape index (κ1) is 20.8. The van der Waals surface area contributed by atoms with E-state index in [0.717, 1.165) is 34.1 Å². The maximum absolute atomic E-state index is 10.6. The lowest BCUT2D eigenvalue weighted by molar-refractivity contribution is 0.161. The molecule has 0 bridgehead atoms. The highest BCUT2D eigenvalue weighted by atomic mass is 32.1. The van der Waals surface area contributed by atoms with E-state index in [2.05, 4.69) is 60.3 Å². The van der Waals surface area contributed by atoms with Gasteiger partial charge in [-0.25, -0.2) is 0 Å². The third kappa shape index (κ3) is 4.20. The number of benzene rings is 1. The molecule has 2 aromatic heterocycles. The Labute approximate surface area is 181 Å². The van der Waals surface area contributed by atoms with Gasteiger partial charge in [0.15, 0.2) is 5.01 Å². The molecule has 1 saturated heterocycles. The van der Waals surface area contributed by atoms with Gasteiger partial charge in [-0.05, 0) is 58.2 Å². The molecule has 4 rings (SSSR count). The quantitative estimate of drug-likeness (QED) is 0.655. The molecule has 1 aliphatic rings. The summed E-state index contributed by atoms with van der Waals surface area (Å²) < 4.78 is 1.75. The summed E-state index contributed by atoms with van der Waals surface area (Å²) in [7, 11) is 3.97. The van der Waals surface area contributed by atoms with Crippen LogP contribution >= 0.6 is 11.3 Å². The maximum Gasteiger partial charge on any atom is 0.208 e. The summed E-state index contributed by atoms with van der Waals surface area (Å²) in [4.78, 5) is 2.24. The Bertz CT molecular complexity index is 1040. The van der Waals surface area contributed by atoms with Gasteiger partial charge in [0.2, 0.25) is 5.13 Å². The highest BCUT2D eigenvalue weighted by molar-refractivity contribution is 7.18. The third-order valence-electron chi connectivity index (χ3n) is 5.70. The fraction of sp³-hybridized carbons (Fsp3) is 0.500. The standard InChI is InChI=1S/C22H30N6OS/c1-21(2)10-16(11-22(3,4)26-21)28(6)20-25-24-19(30-20)17-8-7-14(9-18(17)29)15-12-23-27(5)13-15/h7-9,12-13,16,26,29H,10-11H2,1-6H3. The largest absolute Gasteiger partial charge is 0.507 e. The minimum atomic E-state index is 0.0641. The lowest BCUT2D eigenvalue weighted by Crippen LogP contribution is -2.61.